The molecule has 0 saturated carbocycles. The first-order chi connectivity index (χ1) is 18.1. The molecule has 3 aromatic heterocycles. The number of carboxylic acids is 1. The fraction of sp³-hybridized carbons (Fsp3) is 0.185. The zero-order valence-electron chi connectivity index (χ0n) is 19.8. The fourth-order valence-electron chi connectivity index (χ4n) is 4.39. The SMILES string of the molecule is O=C(O)/C=C/c1ccc(NCc2cc3nc(-c4cccc5[nH]ncc45)nc(N4CCOCC4)c3s2)cc1. The number of ether oxygens (including phenoxy) is 1. The molecule has 0 spiro atoms. The molecule has 1 fully saturated rings. The van der Waals surface area contributed by atoms with Crippen LogP contribution in [0.1, 0.15) is 10.4 Å². The summed E-state index contributed by atoms with van der Waals surface area (Å²) in [5.41, 5.74) is 4.61. The standard InChI is InChI=1S/C27H24N6O3S/c34-24(35)9-6-17-4-7-18(8-5-17)28-15-19-14-23-25(37-19)27(33-10-12-36-13-11-33)31-26(30-23)20-2-1-3-22-21(20)16-29-32-22/h1-9,14,16,28H,10-13,15H2,(H,29,32)(H,34,35)/b9-6+. The number of fused-ring (bicyclic) bond motifs is 2. The molecule has 1 aliphatic heterocycles. The third kappa shape index (κ3) is 4.89. The molecule has 0 aliphatic carbocycles. The summed E-state index contributed by atoms with van der Waals surface area (Å²) in [6, 6.07) is 15.8. The topological polar surface area (TPSA) is 116 Å². The Morgan fingerprint density at radius 2 is 2.00 bits per heavy atom. The zero-order chi connectivity index (χ0) is 25.2. The molecular formula is C27H24N6O3S. The van der Waals surface area contributed by atoms with Crippen LogP contribution in [-0.4, -0.2) is 57.5 Å². The second-order valence-corrected chi connectivity index (χ2v) is 9.82. The summed E-state index contributed by atoms with van der Waals surface area (Å²) in [6.07, 6.45) is 4.53. The second-order valence-electron chi connectivity index (χ2n) is 8.68. The van der Waals surface area contributed by atoms with E-state index in [9.17, 15) is 4.79 Å². The maximum absolute atomic E-state index is 10.7. The smallest absolute Gasteiger partial charge is 0.328 e. The molecule has 10 heteroatoms. The van der Waals surface area contributed by atoms with Crippen LogP contribution in [0.25, 0.3) is 38.6 Å². The first-order valence-electron chi connectivity index (χ1n) is 11.9. The molecule has 0 radical (unpaired) electrons. The number of hydrogen-bond donors (Lipinski definition) is 3. The lowest BCUT2D eigenvalue weighted by Crippen LogP contribution is -2.36. The van der Waals surface area contributed by atoms with Crippen LogP contribution in [-0.2, 0) is 16.1 Å². The largest absolute Gasteiger partial charge is 0.478 e. The molecule has 0 unspecified atom stereocenters. The summed E-state index contributed by atoms with van der Waals surface area (Å²) >= 11 is 1.70. The van der Waals surface area contributed by atoms with E-state index in [0.29, 0.717) is 25.6 Å². The number of carbonyl (C=O) groups is 1. The van der Waals surface area contributed by atoms with Crippen LogP contribution in [0.15, 0.2) is 60.8 Å². The highest BCUT2D eigenvalue weighted by Gasteiger charge is 2.21. The number of H-pyrrole nitrogens is 1. The summed E-state index contributed by atoms with van der Waals surface area (Å²) in [6.45, 7) is 3.57. The minimum absolute atomic E-state index is 0.639. The van der Waals surface area contributed by atoms with E-state index in [-0.39, 0.29) is 0 Å². The Bertz CT molecular complexity index is 1600. The predicted molar refractivity (Wildman–Crippen MR) is 146 cm³/mol. The number of carboxylic acid groups (broad SMARTS) is 1. The summed E-state index contributed by atoms with van der Waals surface area (Å²) in [4.78, 5) is 24.2. The highest BCUT2D eigenvalue weighted by Crippen LogP contribution is 2.36. The number of anilines is 2. The van der Waals surface area contributed by atoms with Crippen molar-refractivity contribution in [2.24, 2.45) is 0 Å². The molecule has 186 valence electrons. The first-order valence-corrected chi connectivity index (χ1v) is 12.8. The van der Waals surface area contributed by atoms with Gasteiger partial charge in [-0.1, -0.05) is 24.3 Å². The Balaban J connectivity index is 1.32. The number of morpholine rings is 1. The first kappa shape index (κ1) is 23.1. The lowest BCUT2D eigenvalue weighted by Gasteiger charge is -2.28. The van der Waals surface area contributed by atoms with Gasteiger partial charge in [-0.2, -0.15) is 5.10 Å². The average molecular weight is 513 g/mol. The summed E-state index contributed by atoms with van der Waals surface area (Å²) in [5.74, 6) is 0.661. The molecule has 4 heterocycles. The number of nitrogens with zero attached hydrogens (tertiary/aromatic N) is 4. The molecule has 0 atom stereocenters. The van der Waals surface area contributed by atoms with Gasteiger partial charge in [-0.3, -0.25) is 5.10 Å². The van der Waals surface area contributed by atoms with Crippen molar-refractivity contribution in [3.8, 4) is 11.4 Å². The van der Waals surface area contributed by atoms with Gasteiger partial charge in [-0.15, -0.1) is 11.3 Å². The van der Waals surface area contributed by atoms with E-state index in [1.165, 1.54) is 0 Å². The summed E-state index contributed by atoms with van der Waals surface area (Å²) in [5, 5.41) is 20.5. The number of thiophene rings is 1. The zero-order valence-corrected chi connectivity index (χ0v) is 20.7. The third-order valence-corrected chi connectivity index (χ3v) is 7.36. The Kier molecular flexibility index (Phi) is 6.25. The van der Waals surface area contributed by atoms with Crippen LogP contribution in [0.4, 0.5) is 11.5 Å². The van der Waals surface area contributed by atoms with Crippen molar-refractivity contribution in [3.05, 3.63) is 71.2 Å². The molecule has 5 aromatic rings. The van der Waals surface area contributed by atoms with Crippen LogP contribution >= 0.6 is 11.3 Å². The molecule has 3 N–H and O–H groups in total. The van der Waals surface area contributed by atoms with Crippen LogP contribution in [0.2, 0.25) is 0 Å². The molecule has 0 amide bonds. The molecule has 1 aliphatic rings. The van der Waals surface area contributed by atoms with E-state index < -0.39 is 5.97 Å². The molecule has 6 rings (SSSR count). The monoisotopic (exact) mass is 512 g/mol. The van der Waals surface area contributed by atoms with Crippen LogP contribution in [0.5, 0.6) is 0 Å². The number of rotatable bonds is 7. The number of benzene rings is 2. The van der Waals surface area contributed by atoms with Gasteiger partial charge in [0.1, 0.15) is 0 Å². The van der Waals surface area contributed by atoms with Gasteiger partial charge in [-0.05, 0) is 35.9 Å². The van der Waals surface area contributed by atoms with E-state index in [0.717, 1.165) is 67.8 Å². The van der Waals surface area contributed by atoms with Crippen molar-refractivity contribution >= 4 is 56.0 Å². The average Bonchev–Trinajstić information content (AvgIpc) is 3.58. The van der Waals surface area contributed by atoms with E-state index in [1.54, 1.807) is 17.4 Å². The minimum atomic E-state index is -0.962. The van der Waals surface area contributed by atoms with Gasteiger partial charge in [0, 0.05) is 47.2 Å². The number of aliphatic carboxylic acids is 1. The number of aromatic amines is 1. The Morgan fingerprint density at radius 3 is 2.81 bits per heavy atom. The number of aromatic nitrogens is 4. The van der Waals surface area contributed by atoms with E-state index in [2.05, 4.69) is 26.5 Å². The normalized spacial score (nSPS) is 14.1. The molecule has 1 saturated heterocycles. The highest BCUT2D eigenvalue weighted by molar-refractivity contribution is 7.19. The molecule has 0 bridgehead atoms. The van der Waals surface area contributed by atoms with Crippen molar-refractivity contribution in [2.75, 3.05) is 36.5 Å². The summed E-state index contributed by atoms with van der Waals surface area (Å²) in [7, 11) is 0. The van der Waals surface area contributed by atoms with Crippen LogP contribution in [0.3, 0.4) is 0 Å². The van der Waals surface area contributed by atoms with Gasteiger partial charge in [0.05, 0.1) is 35.1 Å². The molecule has 9 nitrogen and oxygen atoms in total. The third-order valence-electron chi connectivity index (χ3n) is 6.24. The minimum Gasteiger partial charge on any atom is -0.478 e. The van der Waals surface area contributed by atoms with E-state index in [1.807, 2.05) is 48.7 Å². The maximum Gasteiger partial charge on any atom is 0.328 e. The van der Waals surface area contributed by atoms with E-state index in [4.69, 9.17) is 19.8 Å². The Morgan fingerprint density at radius 1 is 1.16 bits per heavy atom. The van der Waals surface area contributed by atoms with E-state index >= 15 is 0 Å². The number of nitrogens with one attached hydrogen (secondary N) is 2. The van der Waals surface area contributed by atoms with Crippen molar-refractivity contribution in [1.29, 1.82) is 0 Å². The van der Waals surface area contributed by atoms with Gasteiger partial charge in [-0.25, -0.2) is 14.8 Å². The van der Waals surface area contributed by atoms with Crippen LogP contribution < -0.4 is 10.2 Å². The summed E-state index contributed by atoms with van der Waals surface area (Å²) < 4.78 is 6.65. The second kappa shape index (κ2) is 10.00. The van der Waals surface area contributed by atoms with Crippen LogP contribution in [0, 0.1) is 0 Å². The molecular weight excluding hydrogens is 488 g/mol. The van der Waals surface area contributed by atoms with Crippen molar-refractivity contribution in [2.45, 2.75) is 6.54 Å². The van der Waals surface area contributed by atoms with Crippen molar-refractivity contribution in [3.63, 3.8) is 0 Å². The lowest BCUT2D eigenvalue weighted by molar-refractivity contribution is -0.131. The van der Waals surface area contributed by atoms with Gasteiger partial charge >= 0.3 is 5.97 Å². The van der Waals surface area contributed by atoms with Crippen molar-refractivity contribution < 1.29 is 14.6 Å². The fourth-order valence-corrected chi connectivity index (χ4v) is 5.45. The lowest BCUT2D eigenvalue weighted by atomic mass is 10.1. The van der Waals surface area contributed by atoms with Gasteiger partial charge in [0.25, 0.3) is 0 Å². The van der Waals surface area contributed by atoms with Gasteiger partial charge in [0.2, 0.25) is 0 Å². The molecule has 37 heavy (non-hydrogen) atoms. The number of hydrogen-bond acceptors (Lipinski definition) is 8. The Hall–Kier alpha value is -4.28. The maximum atomic E-state index is 10.7. The Labute approximate surface area is 216 Å². The van der Waals surface area contributed by atoms with Gasteiger partial charge < -0.3 is 20.1 Å². The molecule has 2 aromatic carbocycles. The highest BCUT2D eigenvalue weighted by atomic mass is 32.1. The van der Waals surface area contributed by atoms with Crippen molar-refractivity contribution in [1.82, 2.24) is 20.2 Å². The quantitative estimate of drug-likeness (QED) is 0.267. The predicted octanol–water partition coefficient (Wildman–Crippen LogP) is 4.78. The van der Waals surface area contributed by atoms with Gasteiger partial charge in [0.15, 0.2) is 11.6 Å².